The molecule has 0 aliphatic heterocycles. The van der Waals surface area contributed by atoms with Gasteiger partial charge in [-0.2, -0.15) is 0 Å². The minimum atomic E-state index is -0.954. The SMILES string of the molecule is CC.CC.CC(=O)OC(CC(=O)O)C[N+](C)(C)C. The van der Waals surface area contributed by atoms with Crippen LogP contribution in [0.3, 0.4) is 0 Å². The van der Waals surface area contributed by atoms with Crippen molar-refractivity contribution in [1.29, 1.82) is 0 Å². The van der Waals surface area contributed by atoms with Crippen LogP contribution in [-0.4, -0.2) is 55.3 Å². The van der Waals surface area contributed by atoms with Gasteiger partial charge in [0.1, 0.15) is 6.54 Å². The van der Waals surface area contributed by atoms with Crippen molar-refractivity contribution in [2.24, 2.45) is 0 Å². The molecule has 0 rings (SSSR count). The zero-order valence-electron chi connectivity index (χ0n) is 13.1. The first kappa shape index (κ1) is 22.1. The topological polar surface area (TPSA) is 63.6 Å². The number of rotatable bonds is 5. The third-order valence-electron chi connectivity index (χ3n) is 1.49. The lowest BCUT2D eigenvalue weighted by atomic mass is 10.2. The molecule has 0 fully saturated rings. The number of esters is 1. The van der Waals surface area contributed by atoms with Crippen molar-refractivity contribution < 1.29 is 23.9 Å². The predicted molar refractivity (Wildman–Crippen MR) is 73.4 cm³/mol. The molecule has 1 atom stereocenters. The number of hydrogen-bond donors (Lipinski definition) is 1. The van der Waals surface area contributed by atoms with Crippen molar-refractivity contribution in [3.05, 3.63) is 0 Å². The summed E-state index contributed by atoms with van der Waals surface area (Å²) in [6.45, 7) is 9.77. The maximum atomic E-state index is 10.7. The summed E-state index contributed by atoms with van der Waals surface area (Å²) in [5.41, 5.74) is 0. The molecule has 0 saturated carbocycles. The molecule has 0 aliphatic rings. The molecule has 0 bridgehead atoms. The van der Waals surface area contributed by atoms with E-state index in [1.54, 1.807) is 0 Å². The summed E-state index contributed by atoms with van der Waals surface area (Å²) in [7, 11) is 5.75. The lowest BCUT2D eigenvalue weighted by molar-refractivity contribution is -0.873. The maximum Gasteiger partial charge on any atom is 0.307 e. The van der Waals surface area contributed by atoms with Gasteiger partial charge in [0.15, 0.2) is 6.10 Å². The van der Waals surface area contributed by atoms with Gasteiger partial charge in [0.25, 0.3) is 0 Å². The van der Waals surface area contributed by atoms with Gasteiger partial charge in [0.2, 0.25) is 0 Å². The largest absolute Gasteiger partial charge is 0.481 e. The van der Waals surface area contributed by atoms with E-state index in [1.807, 2.05) is 48.8 Å². The zero-order valence-corrected chi connectivity index (χ0v) is 13.1. The molecule has 1 N–H and O–H groups in total. The van der Waals surface area contributed by atoms with Gasteiger partial charge in [-0.25, -0.2) is 0 Å². The second-order valence-electron chi connectivity index (χ2n) is 4.30. The molecule has 0 amide bonds. The summed E-state index contributed by atoms with van der Waals surface area (Å²) < 4.78 is 5.46. The number of ether oxygens (including phenoxy) is 1. The number of carboxylic acid groups (broad SMARTS) is 1. The van der Waals surface area contributed by atoms with E-state index in [9.17, 15) is 9.59 Å². The fraction of sp³-hybridized carbons (Fsp3) is 0.846. The van der Waals surface area contributed by atoms with Crippen LogP contribution in [0.25, 0.3) is 0 Å². The Morgan fingerprint density at radius 1 is 1.11 bits per heavy atom. The van der Waals surface area contributed by atoms with E-state index in [1.165, 1.54) is 6.92 Å². The van der Waals surface area contributed by atoms with Crippen molar-refractivity contribution in [3.8, 4) is 0 Å². The quantitative estimate of drug-likeness (QED) is 0.610. The van der Waals surface area contributed by atoms with E-state index in [4.69, 9.17) is 9.84 Å². The van der Waals surface area contributed by atoms with Crippen LogP contribution in [0.4, 0.5) is 0 Å². The first-order valence-electron chi connectivity index (χ1n) is 6.40. The minimum absolute atomic E-state index is 0.144. The zero-order chi connectivity index (χ0) is 15.4. The van der Waals surface area contributed by atoms with Gasteiger partial charge in [-0.1, -0.05) is 27.7 Å². The number of carbonyl (C=O) groups is 2. The molecule has 5 nitrogen and oxygen atoms in total. The number of carbonyl (C=O) groups excluding carboxylic acids is 1. The van der Waals surface area contributed by atoms with Crippen LogP contribution < -0.4 is 0 Å². The number of nitrogens with zero attached hydrogens (tertiary/aromatic N) is 1. The summed E-state index contributed by atoms with van der Waals surface area (Å²) in [5.74, 6) is -1.39. The molecule has 0 spiro atoms. The summed E-state index contributed by atoms with van der Waals surface area (Å²) in [6, 6.07) is 0. The van der Waals surface area contributed by atoms with E-state index in [0.29, 0.717) is 11.0 Å². The molecule has 110 valence electrons. The van der Waals surface area contributed by atoms with Crippen molar-refractivity contribution in [3.63, 3.8) is 0 Å². The van der Waals surface area contributed by atoms with Gasteiger partial charge >= 0.3 is 11.9 Å². The Bertz CT molecular complexity index is 206. The third-order valence-corrected chi connectivity index (χ3v) is 1.49. The minimum Gasteiger partial charge on any atom is -0.481 e. The fourth-order valence-corrected chi connectivity index (χ4v) is 1.18. The molecule has 0 radical (unpaired) electrons. The van der Waals surface area contributed by atoms with E-state index in [0.717, 1.165) is 0 Å². The van der Waals surface area contributed by atoms with Gasteiger partial charge in [0, 0.05) is 6.92 Å². The van der Waals surface area contributed by atoms with Gasteiger partial charge in [0.05, 0.1) is 27.6 Å². The smallest absolute Gasteiger partial charge is 0.307 e. The fourth-order valence-electron chi connectivity index (χ4n) is 1.18. The van der Waals surface area contributed by atoms with Gasteiger partial charge in [-0.3, -0.25) is 9.59 Å². The van der Waals surface area contributed by atoms with Crippen LogP contribution in [-0.2, 0) is 14.3 Å². The van der Waals surface area contributed by atoms with E-state index in [-0.39, 0.29) is 6.42 Å². The lowest BCUT2D eigenvalue weighted by Crippen LogP contribution is -2.43. The number of hydrogen-bond acceptors (Lipinski definition) is 3. The molecular formula is C13H30NO4+. The first-order chi connectivity index (χ1) is 8.20. The summed E-state index contributed by atoms with van der Waals surface area (Å²) in [4.78, 5) is 21.2. The third kappa shape index (κ3) is 20.3. The molecule has 1 unspecified atom stereocenters. The molecule has 0 saturated heterocycles. The van der Waals surface area contributed by atoms with E-state index >= 15 is 0 Å². The Morgan fingerprint density at radius 3 is 1.72 bits per heavy atom. The van der Waals surface area contributed by atoms with Crippen LogP contribution in [0.5, 0.6) is 0 Å². The highest BCUT2D eigenvalue weighted by Crippen LogP contribution is 2.04. The Morgan fingerprint density at radius 2 is 1.50 bits per heavy atom. The standard InChI is InChI=1S/C9H17NO4.2C2H6/c1-7(11)14-8(5-9(12)13)6-10(2,3)4;2*1-2/h8H,5-6H2,1-4H3;2*1-2H3/p+1. The highest BCUT2D eigenvalue weighted by atomic mass is 16.5. The molecule has 18 heavy (non-hydrogen) atoms. The van der Waals surface area contributed by atoms with Crippen LogP contribution in [0.2, 0.25) is 0 Å². The molecule has 0 aliphatic carbocycles. The average molecular weight is 264 g/mol. The summed E-state index contributed by atoms with van der Waals surface area (Å²) >= 11 is 0. The predicted octanol–water partition coefficient (Wildman–Crippen LogP) is 2.15. The molecule has 0 heterocycles. The molecular weight excluding hydrogens is 234 g/mol. The lowest BCUT2D eigenvalue weighted by Gasteiger charge is -2.28. The van der Waals surface area contributed by atoms with Crippen LogP contribution in [0.1, 0.15) is 41.0 Å². The van der Waals surface area contributed by atoms with Crippen molar-refractivity contribution in [2.45, 2.75) is 47.1 Å². The number of aliphatic carboxylic acids is 1. The molecule has 0 aromatic heterocycles. The van der Waals surface area contributed by atoms with Crippen LogP contribution >= 0.6 is 0 Å². The second-order valence-corrected chi connectivity index (χ2v) is 4.30. The van der Waals surface area contributed by atoms with Crippen molar-refractivity contribution in [1.82, 2.24) is 0 Å². The number of likely N-dealkylation sites (N-methyl/N-ethyl adjacent to an activating group) is 1. The van der Waals surface area contributed by atoms with E-state index < -0.39 is 18.0 Å². The van der Waals surface area contributed by atoms with Gasteiger partial charge in [-0.05, 0) is 0 Å². The maximum absolute atomic E-state index is 10.7. The monoisotopic (exact) mass is 264 g/mol. The Hall–Kier alpha value is -1.10. The number of carboxylic acids is 1. The van der Waals surface area contributed by atoms with Gasteiger partial charge in [-0.15, -0.1) is 0 Å². The molecule has 0 aromatic carbocycles. The van der Waals surface area contributed by atoms with Crippen molar-refractivity contribution >= 4 is 11.9 Å². The number of quaternary nitrogens is 1. The Kier molecular flexibility index (Phi) is 15.2. The van der Waals surface area contributed by atoms with Crippen LogP contribution in [0, 0.1) is 0 Å². The highest BCUT2D eigenvalue weighted by molar-refractivity contribution is 5.69. The second kappa shape index (κ2) is 12.4. The van der Waals surface area contributed by atoms with E-state index in [2.05, 4.69) is 0 Å². The average Bonchev–Trinajstić information content (AvgIpc) is 2.19. The summed E-state index contributed by atoms with van der Waals surface area (Å²) in [6.07, 6.45) is -0.695. The highest BCUT2D eigenvalue weighted by Gasteiger charge is 2.23. The van der Waals surface area contributed by atoms with Gasteiger partial charge < -0.3 is 14.3 Å². The first-order valence-corrected chi connectivity index (χ1v) is 6.40. The van der Waals surface area contributed by atoms with Crippen molar-refractivity contribution in [2.75, 3.05) is 27.7 Å². The van der Waals surface area contributed by atoms with Crippen LogP contribution in [0.15, 0.2) is 0 Å². The Labute approximate surface area is 111 Å². The molecule has 0 aromatic rings. The normalized spacial score (nSPS) is 11.1. The Balaban J connectivity index is -0.000000506. The molecule has 5 heteroatoms. The summed E-state index contributed by atoms with van der Waals surface area (Å²) in [5, 5.41) is 8.60.